The van der Waals surface area contributed by atoms with Gasteiger partial charge in [0.2, 0.25) is 0 Å². The van der Waals surface area contributed by atoms with Crippen molar-refractivity contribution in [2.45, 2.75) is 12.6 Å². The van der Waals surface area contributed by atoms with Crippen molar-refractivity contribution in [1.29, 1.82) is 0 Å². The van der Waals surface area contributed by atoms with Crippen LogP contribution >= 0.6 is 0 Å². The molecule has 0 spiro atoms. The maximum Gasteiger partial charge on any atom is 0.153 e. The summed E-state index contributed by atoms with van der Waals surface area (Å²) >= 11 is 0. The minimum Gasteiger partial charge on any atom is -0.507 e. The Morgan fingerprint density at radius 3 is 2.71 bits per heavy atom. The topological polar surface area (TPSA) is 72.6 Å². The first kappa shape index (κ1) is 10.7. The molecule has 4 nitrogen and oxygen atoms in total. The fraction of sp³-hybridized carbons (Fsp3) is 0.300. The predicted molar refractivity (Wildman–Crippen MR) is 52.0 cm³/mol. The van der Waals surface area contributed by atoms with E-state index in [0.29, 0.717) is 11.8 Å². The van der Waals surface area contributed by atoms with Gasteiger partial charge in [-0.15, -0.1) is 0 Å². The zero-order valence-corrected chi connectivity index (χ0v) is 8.15. The average molecular weight is 195 g/mol. The lowest BCUT2D eigenvalue weighted by atomic mass is 10.0. The van der Waals surface area contributed by atoms with Gasteiger partial charge in [0.1, 0.15) is 11.5 Å². The number of carbonyl (C=O) groups excluding carboxylic acids is 1. The van der Waals surface area contributed by atoms with E-state index in [0.717, 1.165) is 0 Å². The van der Waals surface area contributed by atoms with Crippen LogP contribution in [0.3, 0.4) is 0 Å². The highest BCUT2D eigenvalue weighted by Gasteiger charge is 2.20. The van der Waals surface area contributed by atoms with Crippen molar-refractivity contribution in [3.63, 3.8) is 0 Å². The number of rotatable bonds is 3. The Morgan fingerprint density at radius 1 is 1.57 bits per heavy atom. The number of carbonyl (C=O) groups is 1. The van der Waals surface area contributed by atoms with Crippen LogP contribution in [-0.4, -0.2) is 18.5 Å². The van der Waals surface area contributed by atoms with Crippen molar-refractivity contribution in [3.05, 3.63) is 29.3 Å². The molecule has 14 heavy (non-hydrogen) atoms. The van der Waals surface area contributed by atoms with Crippen LogP contribution in [0.5, 0.6) is 5.75 Å². The molecular formula is C10H13NO3. The molecule has 1 aromatic rings. The van der Waals surface area contributed by atoms with Gasteiger partial charge in [-0.1, -0.05) is 6.07 Å². The largest absolute Gasteiger partial charge is 0.507 e. The van der Waals surface area contributed by atoms with Crippen molar-refractivity contribution >= 4 is 6.29 Å². The van der Waals surface area contributed by atoms with E-state index < -0.39 is 5.72 Å². The number of nitrogens with two attached hydrogens (primary N) is 1. The van der Waals surface area contributed by atoms with E-state index in [4.69, 9.17) is 10.5 Å². The van der Waals surface area contributed by atoms with Crippen LogP contribution in [0.1, 0.15) is 22.8 Å². The molecule has 0 aliphatic carbocycles. The number of hydrogen-bond donors (Lipinski definition) is 2. The number of phenolic OH excluding ortho intramolecular Hbond substituents is 1. The number of hydrogen-bond acceptors (Lipinski definition) is 4. The fourth-order valence-electron chi connectivity index (χ4n) is 1.08. The normalized spacial score (nSPS) is 14.8. The molecule has 0 aromatic heterocycles. The van der Waals surface area contributed by atoms with Gasteiger partial charge in [-0.2, -0.15) is 0 Å². The van der Waals surface area contributed by atoms with Crippen LogP contribution in [0.15, 0.2) is 18.2 Å². The van der Waals surface area contributed by atoms with E-state index in [1.165, 1.54) is 19.2 Å². The van der Waals surface area contributed by atoms with E-state index in [1.54, 1.807) is 13.0 Å². The number of methoxy groups -OCH3 is 1. The smallest absolute Gasteiger partial charge is 0.153 e. The molecule has 4 heteroatoms. The van der Waals surface area contributed by atoms with Crippen LogP contribution in [0.25, 0.3) is 0 Å². The molecule has 0 heterocycles. The van der Waals surface area contributed by atoms with Gasteiger partial charge in [-0.05, 0) is 24.6 Å². The quantitative estimate of drug-likeness (QED) is 0.557. The molecule has 0 amide bonds. The van der Waals surface area contributed by atoms with Crippen LogP contribution in [-0.2, 0) is 10.5 Å². The molecule has 0 aliphatic rings. The van der Waals surface area contributed by atoms with Gasteiger partial charge in [0.05, 0.1) is 5.56 Å². The molecule has 1 aromatic carbocycles. The molecular weight excluding hydrogens is 182 g/mol. The Hall–Kier alpha value is -1.39. The highest BCUT2D eigenvalue weighted by molar-refractivity contribution is 5.79. The minimum atomic E-state index is -0.953. The molecule has 0 saturated carbocycles. The van der Waals surface area contributed by atoms with Crippen molar-refractivity contribution in [1.82, 2.24) is 0 Å². The maximum atomic E-state index is 10.6. The number of aldehydes is 1. The van der Waals surface area contributed by atoms with Gasteiger partial charge in [0.25, 0.3) is 0 Å². The zero-order valence-electron chi connectivity index (χ0n) is 8.15. The molecule has 0 saturated heterocycles. The van der Waals surface area contributed by atoms with Crippen molar-refractivity contribution in [2.75, 3.05) is 7.11 Å². The summed E-state index contributed by atoms with van der Waals surface area (Å²) in [5.74, 6) is -0.0596. The lowest BCUT2D eigenvalue weighted by Crippen LogP contribution is -2.34. The second-order valence-electron chi connectivity index (χ2n) is 3.20. The van der Waals surface area contributed by atoms with Crippen molar-refractivity contribution < 1.29 is 14.6 Å². The second kappa shape index (κ2) is 3.77. The Labute approximate surface area is 82.3 Å². The van der Waals surface area contributed by atoms with E-state index in [1.807, 2.05) is 0 Å². The number of benzene rings is 1. The summed E-state index contributed by atoms with van der Waals surface area (Å²) in [6, 6.07) is 4.54. The average Bonchev–Trinajstić information content (AvgIpc) is 2.18. The molecule has 76 valence electrons. The summed E-state index contributed by atoms with van der Waals surface area (Å²) in [6.07, 6.45) is 0.574. The van der Waals surface area contributed by atoms with Gasteiger partial charge < -0.3 is 9.84 Å². The SMILES string of the molecule is CO[C@@](C)(N)c1ccc(O)c(C=O)c1. The van der Waals surface area contributed by atoms with Crippen LogP contribution < -0.4 is 5.73 Å². The number of ether oxygens (including phenoxy) is 1. The Kier molecular flexibility index (Phi) is 2.88. The zero-order chi connectivity index (χ0) is 10.8. The van der Waals surface area contributed by atoms with Crippen molar-refractivity contribution in [2.24, 2.45) is 5.73 Å². The van der Waals surface area contributed by atoms with Crippen LogP contribution in [0, 0.1) is 0 Å². The summed E-state index contributed by atoms with van der Waals surface area (Å²) in [5.41, 5.74) is 5.68. The molecule has 0 unspecified atom stereocenters. The fourth-order valence-corrected chi connectivity index (χ4v) is 1.08. The minimum absolute atomic E-state index is 0.0596. The third-order valence-electron chi connectivity index (χ3n) is 2.15. The lowest BCUT2D eigenvalue weighted by molar-refractivity contribution is 0.00764. The summed E-state index contributed by atoms with van der Waals surface area (Å²) in [7, 11) is 1.48. The summed E-state index contributed by atoms with van der Waals surface area (Å²) in [4.78, 5) is 10.6. The third-order valence-corrected chi connectivity index (χ3v) is 2.15. The lowest BCUT2D eigenvalue weighted by Gasteiger charge is -2.23. The van der Waals surface area contributed by atoms with Gasteiger partial charge in [0.15, 0.2) is 6.29 Å². The molecule has 0 radical (unpaired) electrons. The van der Waals surface area contributed by atoms with Gasteiger partial charge >= 0.3 is 0 Å². The monoisotopic (exact) mass is 195 g/mol. The first-order valence-corrected chi connectivity index (χ1v) is 4.14. The molecule has 1 rings (SSSR count). The summed E-state index contributed by atoms with van der Waals surface area (Å²) < 4.78 is 5.04. The molecule has 0 aliphatic heterocycles. The van der Waals surface area contributed by atoms with E-state index >= 15 is 0 Å². The maximum absolute atomic E-state index is 10.6. The number of phenols is 1. The van der Waals surface area contributed by atoms with Crippen molar-refractivity contribution in [3.8, 4) is 5.75 Å². The summed E-state index contributed by atoms with van der Waals surface area (Å²) in [6.45, 7) is 1.67. The first-order chi connectivity index (χ1) is 6.51. The van der Waals surface area contributed by atoms with E-state index in [-0.39, 0.29) is 11.3 Å². The van der Waals surface area contributed by atoms with Crippen LogP contribution in [0.2, 0.25) is 0 Å². The highest BCUT2D eigenvalue weighted by Crippen LogP contribution is 2.23. The van der Waals surface area contributed by atoms with E-state index in [2.05, 4.69) is 0 Å². The Bertz CT molecular complexity index is 347. The second-order valence-corrected chi connectivity index (χ2v) is 3.20. The van der Waals surface area contributed by atoms with Gasteiger partial charge in [0, 0.05) is 7.11 Å². The third kappa shape index (κ3) is 1.92. The molecule has 1 atom stereocenters. The number of aromatic hydroxyl groups is 1. The van der Waals surface area contributed by atoms with Gasteiger partial charge in [-0.25, -0.2) is 0 Å². The Balaban J connectivity index is 3.19. The Morgan fingerprint density at radius 2 is 2.21 bits per heavy atom. The molecule has 3 N–H and O–H groups in total. The highest BCUT2D eigenvalue weighted by atomic mass is 16.5. The van der Waals surface area contributed by atoms with Gasteiger partial charge in [-0.3, -0.25) is 10.5 Å². The predicted octanol–water partition coefficient (Wildman–Crippen LogP) is 0.982. The van der Waals surface area contributed by atoms with Crippen LogP contribution in [0.4, 0.5) is 0 Å². The standard InChI is InChI=1S/C10H13NO3/c1-10(11,14-2)8-3-4-9(13)7(5-8)6-12/h3-6,13H,11H2,1-2H3/t10-/m1/s1. The summed E-state index contributed by atoms with van der Waals surface area (Å²) in [5, 5.41) is 9.26. The molecule has 0 bridgehead atoms. The van der Waals surface area contributed by atoms with E-state index in [9.17, 15) is 9.90 Å². The first-order valence-electron chi connectivity index (χ1n) is 4.14. The molecule has 0 fully saturated rings.